The fourth-order valence-corrected chi connectivity index (χ4v) is 5.64. The van der Waals surface area contributed by atoms with Gasteiger partial charge in [0.1, 0.15) is 30.1 Å². The Hall–Kier alpha value is -2.99. The zero-order valence-electron chi connectivity index (χ0n) is 23.6. The molecule has 3 N–H and O–H groups in total. The number of morpholine rings is 2. The van der Waals surface area contributed by atoms with Crippen LogP contribution in [0.2, 0.25) is 0 Å². The van der Waals surface area contributed by atoms with E-state index in [0.717, 1.165) is 55.1 Å². The molecule has 3 unspecified atom stereocenters. The summed E-state index contributed by atoms with van der Waals surface area (Å²) in [4.78, 5) is 27.3. The first-order valence-corrected chi connectivity index (χ1v) is 14.4. The molecule has 3 heterocycles. The van der Waals surface area contributed by atoms with E-state index in [9.17, 15) is 9.90 Å². The van der Waals surface area contributed by atoms with Gasteiger partial charge >= 0.3 is 0 Å². The second-order valence-corrected chi connectivity index (χ2v) is 10.8. The van der Waals surface area contributed by atoms with E-state index in [1.807, 2.05) is 29.2 Å². The van der Waals surface area contributed by atoms with Gasteiger partial charge in [-0.3, -0.25) is 4.79 Å². The number of amides is 1. The summed E-state index contributed by atoms with van der Waals surface area (Å²) in [6.45, 7) is 8.17. The van der Waals surface area contributed by atoms with Crippen LogP contribution < -0.4 is 20.3 Å². The van der Waals surface area contributed by atoms with Gasteiger partial charge in [-0.25, -0.2) is 9.97 Å². The van der Waals surface area contributed by atoms with Crippen LogP contribution in [0, 0.1) is 12.8 Å². The van der Waals surface area contributed by atoms with E-state index in [-0.39, 0.29) is 24.5 Å². The second kappa shape index (κ2) is 13.6. The third kappa shape index (κ3) is 7.01. The fraction of sp³-hybridized carbons (Fsp3) is 0.621. The van der Waals surface area contributed by atoms with E-state index in [2.05, 4.69) is 22.5 Å². The van der Waals surface area contributed by atoms with Crippen LogP contribution in [-0.4, -0.2) is 111 Å². The number of aliphatic hydroxyl groups is 1. The zero-order valence-corrected chi connectivity index (χ0v) is 23.6. The lowest BCUT2D eigenvalue weighted by Gasteiger charge is -2.30. The number of likely N-dealkylation sites (N-methyl/N-ethyl adjacent to an activating group) is 1. The molecule has 0 radical (unpaired) electrons. The van der Waals surface area contributed by atoms with E-state index in [1.54, 1.807) is 7.05 Å². The highest BCUT2D eigenvalue weighted by molar-refractivity contribution is 5.79. The number of aliphatic hydroxyl groups excluding tert-OH is 1. The summed E-state index contributed by atoms with van der Waals surface area (Å²) < 4.78 is 16.9. The molecule has 5 rings (SSSR count). The van der Waals surface area contributed by atoms with Crippen molar-refractivity contribution < 1.29 is 24.1 Å². The number of carbonyl (C=O) groups is 1. The van der Waals surface area contributed by atoms with Gasteiger partial charge in [-0.15, -0.1) is 0 Å². The molecule has 2 aromatic rings. The van der Waals surface area contributed by atoms with Crippen molar-refractivity contribution in [2.24, 2.45) is 5.92 Å². The quantitative estimate of drug-likeness (QED) is 0.400. The molecule has 3 atom stereocenters. The summed E-state index contributed by atoms with van der Waals surface area (Å²) in [5.74, 6) is 3.23. The molecule has 218 valence electrons. The van der Waals surface area contributed by atoms with Gasteiger partial charge in [0.25, 0.3) is 0 Å². The van der Waals surface area contributed by atoms with Crippen LogP contribution in [0.5, 0.6) is 5.75 Å². The van der Waals surface area contributed by atoms with Crippen LogP contribution in [0.1, 0.15) is 24.8 Å². The number of rotatable bonds is 10. The highest BCUT2D eigenvalue weighted by Crippen LogP contribution is 2.34. The van der Waals surface area contributed by atoms with E-state index >= 15 is 0 Å². The Morgan fingerprint density at radius 1 is 1.12 bits per heavy atom. The molecule has 40 heavy (non-hydrogen) atoms. The first kappa shape index (κ1) is 28.5. The van der Waals surface area contributed by atoms with Crippen molar-refractivity contribution in [1.29, 1.82) is 0 Å². The molecule has 3 aliphatic rings. The number of ether oxygens (including phenoxy) is 3. The maximum Gasteiger partial charge on any atom is 0.225 e. The van der Waals surface area contributed by atoms with Crippen molar-refractivity contribution in [1.82, 2.24) is 20.2 Å². The Balaban J connectivity index is 1.36. The SMILES string of the molecule is CNCC(O)COc1cccc(-c2nc(NC3CCC(C(=O)N4CCOCC4)C3)c(C)c(N3CCOCC3)n2)c1. The highest BCUT2D eigenvalue weighted by atomic mass is 16.5. The average Bonchev–Trinajstić information content (AvgIpc) is 3.46. The van der Waals surface area contributed by atoms with Crippen LogP contribution in [0.3, 0.4) is 0 Å². The molecule has 1 saturated carbocycles. The average molecular weight is 555 g/mol. The molecule has 1 aromatic heterocycles. The van der Waals surface area contributed by atoms with E-state index in [1.165, 1.54) is 0 Å². The minimum absolute atomic E-state index is 0.0306. The zero-order chi connectivity index (χ0) is 27.9. The highest BCUT2D eigenvalue weighted by Gasteiger charge is 2.34. The standard InChI is InChI=1S/C29H42N6O5/c1-20-26(31-23-7-6-22(16-23)29(37)35-10-14-39-15-11-35)32-27(33-28(20)34-8-12-38-13-9-34)21-4-3-5-25(17-21)40-19-24(36)18-30-2/h3-5,17,22-24,30,36H,6-16,18-19H2,1-2H3,(H,31,32,33). The molecular formula is C29H42N6O5. The number of anilines is 2. The largest absolute Gasteiger partial charge is 0.491 e. The van der Waals surface area contributed by atoms with Crippen LogP contribution in [0.15, 0.2) is 24.3 Å². The minimum Gasteiger partial charge on any atom is -0.491 e. The Labute approximate surface area is 236 Å². The van der Waals surface area contributed by atoms with Gasteiger partial charge in [0.2, 0.25) is 5.91 Å². The molecule has 3 fully saturated rings. The third-order valence-electron chi connectivity index (χ3n) is 7.85. The molecule has 11 heteroatoms. The number of nitrogens with one attached hydrogen (secondary N) is 2. The van der Waals surface area contributed by atoms with Gasteiger partial charge in [-0.1, -0.05) is 12.1 Å². The molecule has 11 nitrogen and oxygen atoms in total. The summed E-state index contributed by atoms with van der Waals surface area (Å²) in [6, 6.07) is 7.84. The van der Waals surface area contributed by atoms with Crippen molar-refractivity contribution in [2.45, 2.75) is 38.3 Å². The Morgan fingerprint density at radius 3 is 2.62 bits per heavy atom. The molecule has 1 amide bonds. The van der Waals surface area contributed by atoms with Gasteiger partial charge in [0.05, 0.1) is 26.4 Å². The molecule has 0 bridgehead atoms. The third-order valence-corrected chi connectivity index (χ3v) is 7.85. The van der Waals surface area contributed by atoms with Crippen molar-refractivity contribution in [3.63, 3.8) is 0 Å². The molecule has 2 aliphatic heterocycles. The van der Waals surface area contributed by atoms with Crippen LogP contribution in [0.25, 0.3) is 11.4 Å². The number of hydrogen-bond donors (Lipinski definition) is 3. The fourth-order valence-electron chi connectivity index (χ4n) is 5.64. The maximum absolute atomic E-state index is 13.1. The van der Waals surface area contributed by atoms with Gasteiger partial charge in [0, 0.05) is 55.8 Å². The lowest BCUT2D eigenvalue weighted by atomic mass is 10.1. The van der Waals surface area contributed by atoms with E-state index in [4.69, 9.17) is 24.2 Å². The number of carbonyl (C=O) groups excluding carboxylic acids is 1. The van der Waals surface area contributed by atoms with Crippen LogP contribution in [0.4, 0.5) is 11.6 Å². The van der Waals surface area contributed by atoms with E-state index < -0.39 is 6.10 Å². The number of hydrogen-bond acceptors (Lipinski definition) is 10. The smallest absolute Gasteiger partial charge is 0.225 e. The Bertz CT molecular complexity index is 1140. The predicted molar refractivity (Wildman–Crippen MR) is 153 cm³/mol. The monoisotopic (exact) mass is 554 g/mol. The molecule has 0 spiro atoms. The van der Waals surface area contributed by atoms with Crippen molar-refractivity contribution >= 4 is 17.5 Å². The van der Waals surface area contributed by atoms with Gasteiger partial charge in [-0.2, -0.15) is 0 Å². The summed E-state index contributed by atoms with van der Waals surface area (Å²) in [5.41, 5.74) is 1.83. The summed E-state index contributed by atoms with van der Waals surface area (Å²) in [5, 5.41) is 16.7. The lowest BCUT2D eigenvalue weighted by Crippen LogP contribution is -2.43. The summed E-state index contributed by atoms with van der Waals surface area (Å²) >= 11 is 0. The van der Waals surface area contributed by atoms with Crippen LogP contribution in [-0.2, 0) is 14.3 Å². The molecular weight excluding hydrogens is 512 g/mol. The lowest BCUT2D eigenvalue weighted by molar-refractivity contribution is -0.139. The van der Waals surface area contributed by atoms with Gasteiger partial charge in [-0.05, 0) is 45.4 Å². The number of aromatic nitrogens is 2. The van der Waals surface area contributed by atoms with Crippen molar-refractivity contribution in [3.8, 4) is 17.1 Å². The van der Waals surface area contributed by atoms with Crippen molar-refractivity contribution in [2.75, 3.05) is 83.0 Å². The first-order valence-electron chi connectivity index (χ1n) is 14.4. The Kier molecular flexibility index (Phi) is 9.69. The van der Waals surface area contributed by atoms with Gasteiger partial charge < -0.3 is 39.8 Å². The number of benzene rings is 1. The molecule has 1 aliphatic carbocycles. The first-order chi connectivity index (χ1) is 19.5. The Morgan fingerprint density at radius 2 is 1.88 bits per heavy atom. The molecule has 1 aromatic carbocycles. The maximum atomic E-state index is 13.1. The number of nitrogens with zero attached hydrogens (tertiary/aromatic N) is 4. The molecule has 2 saturated heterocycles. The minimum atomic E-state index is -0.599. The van der Waals surface area contributed by atoms with Crippen LogP contribution >= 0.6 is 0 Å². The predicted octanol–water partition coefficient (Wildman–Crippen LogP) is 1.69. The second-order valence-electron chi connectivity index (χ2n) is 10.8. The van der Waals surface area contributed by atoms with Gasteiger partial charge in [0.15, 0.2) is 5.82 Å². The summed E-state index contributed by atoms with van der Waals surface area (Å²) in [6.07, 6.45) is 1.99. The van der Waals surface area contributed by atoms with Crippen molar-refractivity contribution in [3.05, 3.63) is 29.8 Å². The topological polar surface area (TPSA) is 121 Å². The normalized spacial score (nSPS) is 22.3. The van der Waals surface area contributed by atoms with E-state index in [0.29, 0.717) is 57.6 Å². The summed E-state index contributed by atoms with van der Waals surface area (Å²) in [7, 11) is 1.80.